The van der Waals surface area contributed by atoms with E-state index in [4.69, 9.17) is 4.74 Å². The molecule has 0 amide bonds. The highest BCUT2D eigenvalue weighted by Crippen LogP contribution is 2.48. The summed E-state index contributed by atoms with van der Waals surface area (Å²) in [6, 6.07) is 5.87. The molecule has 5 heteroatoms. The van der Waals surface area contributed by atoms with E-state index < -0.39 is 11.8 Å². The minimum absolute atomic E-state index is 0. The van der Waals surface area contributed by atoms with Crippen LogP contribution in [0.1, 0.15) is 17.5 Å². The van der Waals surface area contributed by atoms with Gasteiger partial charge in [-0.25, -0.2) is 8.78 Å². The molecule has 1 unspecified atom stereocenters. The van der Waals surface area contributed by atoms with Crippen LogP contribution >= 0.6 is 12.4 Å². The lowest BCUT2D eigenvalue weighted by Gasteiger charge is -2.18. The molecule has 0 bridgehead atoms. The third kappa shape index (κ3) is 2.75. The van der Waals surface area contributed by atoms with Crippen LogP contribution in [0, 0.1) is 5.92 Å². The lowest BCUT2D eigenvalue weighted by molar-refractivity contribution is 0.0856. The Balaban J connectivity index is 0.00000120. The van der Waals surface area contributed by atoms with Gasteiger partial charge in [0.15, 0.2) is 0 Å². The molecule has 0 radical (unpaired) electrons. The molecule has 1 aliphatic carbocycles. The van der Waals surface area contributed by atoms with E-state index in [0.29, 0.717) is 5.75 Å². The third-order valence-corrected chi connectivity index (χ3v) is 3.47. The normalized spacial score (nSPS) is 23.8. The van der Waals surface area contributed by atoms with Gasteiger partial charge in [0.05, 0.1) is 12.5 Å². The van der Waals surface area contributed by atoms with E-state index in [1.807, 2.05) is 18.2 Å². The van der Waals surface area contributed by atoms with Gasteiger partial charge in [0.1, 0.15) is 5.75 Å². The first-order chi connectivity index (χ1) is 8.15. The smallest absolute Gasteiger partial charge is 0.255 e. The molecule has 2 nitrogen and oxygen atoms in total. The number of alkyl halides is 2. The Bertz CT molecular complexity index is 439. The average Bonchev–Trinajstić information content (AvgIpc) is 2.94. The van der Waals surface area contributed by atoms with E-state index in [2.05, 4.69) is 5.32 Å². The second-order valence-electron chi connectivity index (χ2n) is 4.83. The Kier molecular flexibility index (Phi) is 3.78. The molecule has 1 aromatic rings. The van der Waals surface area contributed by atoms with Crippen molar-refractivity contribution in [2.75, 3.05) is 13.2 Å². The summed E-state index contributed by atoms with van der Waals surface area (Å²) in [4.78, 5) is 0. The molecule has 100 valence electrons. The first-order valence-electron chi connectivity index (χ1n) is 5.98. The van der Waals surface area contributed by atoms with Gasteiger partial charge in [-0.3, -0.25) is 0 Å². The van der Waals surface area contributed by atoms with Crippen LogP contribution in [0.25, 0.3) is 0 Å². The van der Waals surface area contributed by atoms with E-state index in [0.717, 1.165) is 19.5 Å². The van der Waals surface area contributed by atoms with Crippen LogP contribution in [0.2, 0.25) is 0 Å². The predicted molar refractivity (Wildman–Crippen MR) is 67.6 cm³/mol. The van der Waals surface area contributed by atoms with Crippen molar-refractivity contribution in [2.45, 2.75) is 25.3 Å². The highest BCUT2D eigenvalue weighted by molar-refractivity contribution is 5.85. The van der Waals surface area contributed by atoms with Crippen LogP contribution in [0.4, 0.5) is 8.78 Å². The molecule has 0 saturated heterocycles. The topological polar surface area (TPSA) is 21.3 Å². The Labute approximate surface area is 111 Å². The molecule has 0 spiro atoms. The summed E-state index contributed by atoms with van der Waals surface area (Å²) in [5.41, 5.74) is 2.55. The van der Waals surface area contributed by atoms with Gasteiger partial charge in [0, 0.05) is 13.0 Å². The van der Waals surface area contributed by atoms with Crippen molar-refractivity contribution in [2.24, 2.45) is 5.92 Å². The molecule has 18 heavy (non-hydrogen) atoms. The highest BCUT2D eigenvalue weighted by Gasteiger charge is 2.57. The fourth-order valence-electron chi connectivity index (χ4n) is 2.19. The number of hydrogen-bond acceptors (Lipinski definition) is 2. The molecular formula is C13H16ClF2NO. The molecular weight excluding hydrogens is 260 g/mol. The molecule has 1 aliphatic heterocycles. The molecule has 1 heterocycles. The van der Waals surface area contributed by atoms with Crippen LogP contribution in [-0.2, 0) is 13.0 Å². The van der Waals surface area contributed by atoms with Gasteiger partial charge in [-0.05, 0) is 36.2 Å². The van der Waals surface area contributed by atoms with Crippen molar-refractivity contribution in [1.29, 1.82) is 0 Å². The number of fused-ring (bicyclic) bond motifs is 1. The Morgan fingerprint density at radius 1 is 1.33 bits per heavy atom. The zero-order valence-corrected chi connectivity index (χ0v) is 10.7. The Hall–Kier alpha value is -0.870. The van der Waals surface area contributed by atoms with Crippen molar-refractivity contribution >= 4 is 12.4 Å². The summed E-state index contributed by atoms with van der Waals surface area (Å²) in [6.07, 6.45) is 0.952. The maximum absolute atomic E-state index is 12.7. The summed E-state index contributed by atoms with van der Waals surface area (Å²) in [6.45, 7) is 1.98. The zero-order valence-electron chi connectivity index (χ0n) is 9.92. The third-order valence-electron chi connectivity index (χ3n) is 3.47. The fraction of sp³-hybridized carbons (Fsp3) is 0.538. The minimum Gasteiger partial charge on any atom is -0.493 e. The molecule has 2 aliphatic rings. The van der Waals surface area contributed by atoms with Crippen molar-refractivity contribution in [1.82, 2.24) is 5.32 Å². The van der Waals surface area contributed by atoms with Crippen LogP contribution in [0.3, 0.4) is 0 Å². The summed E-state index contributed by atoms with van der Waals surface area (Å²) in [5.74, 6) is -2.36. The SMILES string of the molecule is Cl.FC1(F)CC1COc1ccc2c(c1)CCNC2. The number of rotatable bonds is 3. The molecule has 3 rings (SSSR count). The zero-order chi connectivity index (χ0) is 11.9. The molecule has 1 aromatic carbocycles. The number of hydrogen-bond donors (Lipinski definition) is 1. The molecule has 1 fully saturated rings. The van der Waals surface area contributed by atoms with Crippen LogP contribution in [-0.4, -0.2) is 19.1 Å². The van der Waals surface area contributed by atoms with Gasteiger partial charge in [0.2, 0.25) is 0 Å². The second kappa shape index (κ2) is 5.02. The van der Waals surface area contributed by atoms with E-state index in [1.165, 1.54) is 11.1 Å². The molecule has 1 atom stereocenters. The standard InChI is InChI=1S/C13H15F2NO.ClH/c14-13(15)6-11(13)8-17-12-2-1-10-7-16-4-3-9(10)5-12;/h1-2,5,11,16H,3-4,6-8H2;1H. The van der Waals surface area contributed by atoms with Gasteiger partial charge in [-0.2, -0.15) is 0 Å². The van der Waals surface area contributed by atoms with Crippen molar-refractivity contribution < 1.29 is 13.5 Å². The molecule has 1 saturated carbocycles. The quantitative estimate of drug-likeness (QED) is 0.916. The van der Waals surface area contributed by atoms with Crippen LogP contribution < -0.4 is 10.1 Å². The first-order valence-corrected chi connectivity index (χ1v) is 5.98. The van der Waals surface area contributed by atoms with Crippen molar-refractivity contribution in [3.63, 3.8) is 0 Å². The maximum atomic E-state index is 12.7. The lowest BCUT2D eigenvalue weighted by Crippen LogP contribution is -2.23. The number of halogens is 3. The maximum Gasteiger partial charge on any atom is 0.255 e. The highest BCUT2D eigenvalue weighted by atomic mass is 35.5. The molecule has 1 N–H and O–H groups in total. The monoisotopic (exact) mass is 275 g/mol. The van der Waals surface area contributed by atoms with Gasteiger partial charge in [0.25, 0.3) is 5.92 Å². The summed E-state index contributed by atoms with van der Waals surface area (Å²) < 4.78 is 30.8. The van der Waals surface area contributed by atoms with Gasteiger partial charge in [-0.1, -0.05) is 6.07 Å². The van der Waals surface area contributed by atoms with E-state index >= 15 is 0 Å². The Morgan fingerprint density at radius 3 is 2.83 bits per heavy atom. The van der Waals surface area contributed by atoms with Crippen LogP contribution in [0.15, 0.2) is 18.2 Å². The van der Waals surface area contributed by atoms with Gasteiger partial charge < -0.3 is 10.1 Å². The van der Waals surface area contributed by atoms with E-state index in [1.54, 1.807) is 0 Å². The van der Waals surface area contributed by atoms with Gasteiger partial charge >= 0.3 is 0 Å². The molecule has 0 aromatic heterocycles. The first kappa shape index (κ1) is 13.6. The largest absolute Gasteiger partial charge is 0.493 e. The average molecular weight is 276 g/mol. The fourth-order valence-corrected chi connectivity index (χ4v) is 2.19. The van der Waals surface area contributed by atoms with Gasteiger partial charge in [-0.15, -0.1) is 12.4 Å². The van der Waals surface area contributed by atoms with Crippen LogP contribution in [0.5, 0.6) is 5.75 Å². The van der Waals surface area contributed by atoms with E-state index in [9.17, 15) is 8.78 Å². The number of benzene rings is 1. The number of ether oxygens (including phenoxy) is 1. The lowest BCUT2D eigenvalue weighted by atomic mass is 10.0. The predicted octanol–water partition coefficient (Wildman–Crippen LogP) is 2.79. The minimum atomic E-state index is -2.49. The Morgan fingerprint density at radius 2 is 2.11 bits per heavy atom. The van der Waals surface area contributed by atoms with Crippen molar-refractivity contribution in [3.8, 4) is 5.75 Å². The summed E-state index contributed by atoms with van der Waals surface area (Å²) in [7, 11) is 0. The summed E-state index contributed by atoms with van der Waals surface area (Å²) >= 11 is 0. The number of nitrogens with one attached hydrogen (secondary N) is 1. The van der Waals surface area contributed by atoms with E-state index in [-0.39, 0.29) is 25.4 Å². The summed E-state index contributed by atoms with van der Waals surface area (Å²) in [5, 5.41) is 3.29. The van der Waals surface area contributed by atoms with Crippen molar-refractivity contribution in [3.05, 3.63) is 29.3 Å². The second-order valence-corrected chi connectivity index (χ2v) is 4.83.